The lowest BCUT2D eigenvalue weighted by Crippen LogP contribution is -2.34. The van der Waals surface area contributed by atoms with Gasteiger partial charge in [-0.25, -0.2) is 0 Å². The van der Waals surface area contributed by atoms with Crippen molar-refractivity contribution in [2.45, 2.75) is 18.8 Å². The van der Waals surface area contributed by atoms with Gasteiger partial charge in [-0.3, -0.25) is 4.79 Å². The van der Waals surface area contributed by atoms with Gasteiger partial charge in [-0.05, 0) is 48.2 Å². The highest BCUT2D eigenvalue weighted by Crippen LogP contribution is 2.33. The van der Waals surface area contributed by atoms with E-state index in [1.165, 1.54) is 17.9 Å². The summed E-state index contributed by atoms with van der Waals surface area (Å²) in [6.45, 7) is 1.96. The van der Waals surface area contributed by atoms with Crippen molar-refractivity contribution in [3.8, 4) is 0 Å². The van der Waals surface area contributed by atoms with E-state index in [2.05, 4.69) is 35.6 Å². The molecule has 2 aromatic rings. The lowest BCUT2D eigenvalue weighted by atomic mass is 9.80. The Morgan fingerprint density at radius 2 is 1.86 bits per heavy atom. The summed E-state index contributed by atoms with van der Waals surface area (Å²) in [5, 5.41) is 5.74. The lowest BCUT2D eigenvalue weighted by Gasteiger charge is -2.29. The minimum absolute atomic E-state index is 0.114. The Labute approximate surface area is 125 Å². The number of nitrogens with one attached hydrogen (secondary N) is 1. The fourth-order valence-electron chi connectivity index (χ4n) is 3.31. The molecule has 1 fully saturated rings. The Hall–Kier alpha value is -1.87. The fraction of sp³-hybridized carbons (Fsp3) is 0.389. The molecule has 0 saturated carbocycles. The van der Waals surface area contributed by atoms with E-state index in [0.717, 1.165) is 31.5 Å². The summed E-state index contributed by atoms with van der Waals surface area (Å²) in [5.74, 6) is 0.0961. The molecule has 2 aromatic carbocycles. The van der Waals surface area contributed by atoms with Crippen molar-refractivity contribution >= 4 is 16.7 Å². The number of hydrogen-bond donors (Lipinski definition) is 1. The minimum atomic E-state index is -0.151. The number of hydrogen-bond acceptors (Lipinski definition) is 3. The second-order valence-electron chi connectivity index (χ2n) is 5.69. The number of piperidine rings is 1. The van der Waals surface area contributed by atoms with Gasteiger partial charge in [0.15, 0.2) is 0 Å². The molecule has 0 aliphatic carbocycles. The van der Waals surface area contributed by atoms with Gasteiger partial charge >= 0.3 is 5.97 Å². The normalized spacial score (nSPS) is 17.6. The molecule has 1 atom stereocenters. The molecule has 0 bridgehead atoms. The molecule has 1 N–H and O–H groups in total. The molecule has 0 spiro atoms. The van der Waals surface area contributed by atoms with Crippen LogP contribution in [0.3, 0.4) is 0 Å². The van der Waals surface area contributed by atoms with Gasteiger partial charge in [-0.1, -0.05) is 42.5 Å². The molecule has 1 heterocycles. The van der Waals surface area contributed by atoms with Gasteiger partial charge in [-0.15, -0.1) is 0 Å². The van der Waals surface area contributed by atoms with E-state index in [1.807, 2.05) is 12.1 Å². The predicted octanol–water partition coefficient (Wildman–Crippen LogP) is 3.10. The van der Waals surface area contributed by atoms with Gasteiger partial charge in [-0.2, -0.15) is 0 Å². The van der Waals surface area contributed by atoms with Crippen molar-refractivity contribution in [2.75, 3.05) is 20.2 Å². The molecule has 1 aliphatic rings. The zero-order valence-electron chi connectivity index (χ0n) is 12.3. The lowest BCUT2D eigenvalue weighted by molar-refractivity contribution is -0.144. The average Bonchev–Trinajstić information content (AvgIpc) is 2.56. The first-order chi connectivity index (χ1) is 10.3. The first-order valence-electron chi connectivity index (χ1n) is 7.57. The number of esters is 1. The Bertz CT molecular complexity index is 632. The highest BCUT2D eigenvalue weighted by molar-refractivity contribution is 5.86. The largest absolute Gasteiger partial charge is 0.469 e. The van der Waals surface area contributed by atoms with Crippen molar-refractivity contribution in [2.24, 2.45) is 5.92 Å². The highest BCUT2D eigenvalue weighted by atomic mass is 16.5. The summed E-state index contributed by atoms with van der Waals surface area (Å²) in [5.41, 5.74) is 1.08. The maximum Gasteiger partial charge on any atom is 0.313 e. The summed E-state index contributed by atoms with van der Waals surface area (Å²) < 4.78 is 5.07. The van der Waals surface area contributed by atoms with Gasteiger partial charge in [0.25, 0.3) is 0 Å². The van der Waals surface area contributed by atoms with E-state index in [0.29, 0.717) is 5.92 Å². The van der Waals surface area contributed by atoms with Crippen molar-refractivity contribution < 1.29 is 9.53 Å². The van der Waals surface area contributed by atoms with Gasteiger partial charge < -0.3 is 10.1 Å². The maximum absolute atomic E-state index is 12.3. The van der Waals surface area contributed by atoms with Crippen LogP contribution in [0.15, 0.2) is 42.5 Å². The van der Waals surface area contributed by atoms with Crippen LogP contribution < -0.4 is 5.32 Å². The van der Waals surface area contributed by atoms with Crippen molar-refractivity contribution in [1.82, 2.24) is 5.32 Å². The van der Waals surface area contributed by atoms with Gasteiger partial charge in [0.05, 0.1) is 13.0 Å². The smallest absolute Gasteiger partial charge is 0.313 e. The quantitative estimate of drug-likeness (QED) is 0.880. The monoisotopic (exact) mass is 283 g/mol. The molecule has 0 amide bonds. The Morgan fingerprint density at radius 1 is 1.14 bits per heavy atom. The van der Waals surface area contributed by atoms with E-state index >= 15 is 0 Å². The fourth-order valence-corrected chi connectivity index (χ4v) is 3.31. The zero-order valence-corrected chi connectivity index (χ0v) is 12.3. The summed E-state index contributed by atoms with van der Waals surface area (Å²) >= 11 is 0. The summed E-state index contributed by atoms with van der Waals surface area (Å²) in [6, 6.07) is 14.6. The molecule has 0 aromatic heterocycles. The van der Waals surface area contributed by atoms with Gasteiger partial charge in [0.2, 0.25) is 0 Å². The van der Waals surface area contributed by atoms with E-state index in [9.17, 15) is 4.79 Å². The molecule has 0 radical (unpaired) electrons. The van der Waals surface area contributed by atoms with Gasteiger partial charge in [0, 0.05) is 0 Å². The summed E-state index contributed by atoms with van der Waals surface area (Å²) in [7, 11) is 1.48. The van der Waals surface area contributed by atoms with Crippen molar-refractivity contribution in [3.63, 3.8) is 0 Å². The number of carbonyl (C=O) groups excluding carboxylic acids is 1. The highest BCUT2D eigenvalue weighted by Gasteiger charge is 2.31. The van der Waals surface area contributed by atoms with Crippen LogP contribution in [-0.2, 0) is 9.53 Å². The Balaban J connectivity index is 1.98. The van der Waals surface area contributed by atoms with Crippen LogP contribution in [0.4, 0.5) is 0 Å². The van der Waals surface area contributed by atoms with Crippen LogP contribution in [0.1, 0.15) is 24.3 Å². The molecule has 1 saturated heterocycles. The van der Waals surface area contributed by atoms with Crippen molar-refractivity contribution in [3.05, 3.63) is 48.0 Å². The number of rotatable bonds is 3. The molecule has 1 unspecified atom stereocenters. The first kappa shape index (κ1) is 14.1. The minimum Gasteiger partial charge on any atom is -0.469 e. The van der Waals surface area contributed by atoms with Crippen molar-refractivity contribution in [1.29, 1.82) is 0 Å². The third-order valence-electron chi connectivity index (χ3n) is 4.44. The molecular weight excluding hydrogens is 262 g/mol. The third-order valence-corrected chi connectivity index (χ3v) is 4.44. The summed E-state index contributed by atoms with van der Waals surface area (Å²) in [6.07, 6.45) is 2.04. The second kappa shape index (κ2) is 6.27. The van der Waals surface area contributed by atoms with E-state index in [1.54, 1.807) is 0 Å². The SMILES string of the molecule is COC(=O)C(c1ccc2ccccc2c1)C1CCNCC1. The predicted molar refractivity (Wildman–Crippen MR) is 84.3 cm³/mol. The Kier molecular flexibility index (Phi) is 4.20. The third kappa shape index (κ3) is 2.93. The maximum atomic E-state index is 12.3. The topological polar surface area (TPSA) is 38.3 Å². The molecular formula is C18H21NO2. The van der Waals surface area contributed by atoms with Crippen LogP contribution >= 0.6 is 0 Å². The van der Waals surface area contributed by atoms with Crippen LogP contribution in [0.25, 0.3) is 10.8 Å². The molecule has 3 nitrogen and oxygen atoms in total. The molecule has 1 aliphatic heterocycles. The Morgan fingerprint density at radius 3 is 2.57 bits per heavy atom. The first-order valence-corrected chi connectivity index (χ1v) is 7.57. The van der Waals surface area contributed by atoms with E-state index in [4.69, 9.17) is 4.74 Å². The molecule has 3 rings (SSSR count). The molecule has 21 heavy (non-hydrogen) atoms. The van der Waals surface area contributed by atoms with Crippen LogP contribution in [0.5, 0.6) is 0 Å². The zero-order chi connectivity index (χ0) is 14.7. The van der Waals surface area contributed by atoms with Crippen LogP contribution in [0.2, 0.25) is 0 Å². The molecule has 110 valence electrons. The molecule has 3 heteroatoms. The van der Waals surface area contributed by atoms with Crippen LogP contribution in [0, 0.1) is 5.92 Å². The number of methoxy groups -OCH3 is 1. The summed E-state index contributed by atoms with van der Waals surface area (Å²) in [4.78, 5) is 12.3. The number of ether oxygens (including phenoxy) is 1. The second-order valence-corrected chi connectivity index (χ2v) is 5.69. The number of carbonyl (C=O) groups is 1. The van der Waals surface area contributed by atoms with E-state index in [-0.39, 0.29) is 11.9 Å². The number of benzene rings is 2. The van der Waals surface area contributed by atoms with Gasteiger partial charge in [0.1, 0.15) is 0 Å². The van der Waals surface area contributed by atoms with Crippen LogP contribution in [-0.4, -0.2) is 26.2 Å². The average molecular weight is 283 g/mol. The number of fused-ring (bicyclic) bond motifs is 1. The standard InChI is InChI=1S/C18H21NO2/c1-21-18(20)17(14-8-10-19-11-9-14)16-7-6-13-4-2-3-5-15(13)12-16/h2-7,12,14,17,19H,8-11H2,1H3. The van der Waals surface area contributed by atoms with E-state index < -0.39 is 0 Å².